The predicted octanol–water partition coefficient (Wildman–Crippen LogP) is -0.520. The Bertz CT molecular complexity index is 674. The summed E-state index contributed by atoms with van der Waals surface area (Å²) in [5, 5.41) is 0. The van der Waals surface area contributed by atoms with E-state index in [1.807, 2.05) is 0 Å². The van der Waals surface area contributed by atoms with Gasteiger partial charge in [0, 0.05) is 17.9 Å². The van der Waals surface area contributed by atoms with Crippen molar-refractivity contribution in [3.05, 3.63) is 11.6 Å². The molecule has 3 saturated carbocycles. The zero-order chi connectivity index (χ0) is 18.3. The molecule has 4 aliphatic carbocycles. The maximum Gasteiger partial charge on any atom is 0.159 e. The van der Waals surface area contributed by atoms with Crippen LogP contribution in [-0.2, 0) is 4.79 Å². The molecular formula is C18H30N6O. The standard InChI is InChI=1S/C18H30N6O/c1-24-18(23)5-3-12-14-11(2-4-17(12,18)22)16(21)7-6-15(19,20)9-10(16)8-13(14)25/h8,11-12,14H,1-7,9,19-23H2/t11?,12?,14?,16-,17-,18+/m1/s1. The Balaban J connectivity index is 1.75. The number of nitrogens with zero attached hydrogens (tertiary/aromatic N) is 1. The largest absolute Gasteiger partial charge is 0.322 e. The third-order valence-electron chi connectivity index (χ3n) is 7.75. The van der Waals surface area contributed by atoms with Gasteiger partial charge in [0.2, 0.25) is 0 Å². The first-order chi connectivity index (χ1) is 11.6. The molecule has 7 heteroatoms. The summed E-state index contributed by atoms with van der Waals surface area (Å²) >= 11 is 0. The van der Waals surface area contributed by atoms with Gasteiger partial charge in [0.1, 0.15) is 5.66 Å². The number of hydrogen-bond donors (Lipinski definition) is 5. The van der Waals surface area contributed by atoms with Gasteiger partial charge in [-0.05, 0) is 68.7 Å². The van der Waals surface area contributed by atoms with E-state index in [1.165, 1.54) is 0 Å². The molecule has 0 radical (unpaired) electrons. The predicted molar refractivity (Wildman–Crippen MR) is 97.3 cm³/mol. The third kappa shape index (κ3) is 2.10. The molecule has 6 atom stereocenters. The molecule has 0 aromatic carbocycles. The number of rotatable bonds is 1. The Kier molecular flexibility index (Phi) is 3.45. The highest BCUT2D eigenvalue weighted by atomic mass is 16.1. The lowest BCUT2D eigenvalue weighted by Gasteiger charge is -2.58. The van der Waals surface area contributed by atoms with Crippen LogP contribution in [0, 0.1) is 17.8 Å². The highest BCUT2D eigenvalue weighted by molar-refractivity contribution is 5.95. The first-order valence-corrected chi connectivity index (χ1v) is 9.24. The summed E-state index contributed by atoms with van der Waals surface area (Å²) in [7, 11) is 0. The van der Waals surface area contributed by atoms with E-state index in [4.69, 9.17) is 28.7 Å². The molecule has 0 heterocycles. The van der Waals surface area contributed by atoms with E-state index in [2.05, 4.69) is 11.7 Å². The Morgan fingerprint density at radius 3 is 2.36 bits per heavy atom. The van der Waals surface area contributed by atoms with Crippen LogP contribution in [-0.4, -0.2) is 34.9 Å². The van der Waals surface area contributed by atoms with Crippen molar-refractivity contribution >= 4 is 12.5 Å². The minimum absolute atomic E-state index is 0.00471. The minimum atomic E-state index is -0.856. The number of fused-ring (bicyclic) bond motifs is 5. The Morgan fingerprint density at radius 2 is 1.68 bits per heavy atom. The van der Waals surface area contributed by atoms with Crippen molar-refractivity contribution in [3.8, 4) is 0 Å². The number of carbonyl (C=O) groups is 1. The Morgan fingerprint density at radius 1 is 1.00 bits per heavy atom. The molecule has 7 nitrogen and oxygen atoms in total. The van der Waals surface area contributed by atoms with Crippen molar-refractivity contribution in [3.63, 3.8) is 0 Å². The SMILES string of the molecule is C=N[C@@]1(N)CCC2C3C(=O)C=C4CC(N)(N)CC[C@]4(N)C3CC[C@@]21N. The van der Waals surface area contributed by atoms with Crippen LogP contribution in [0.4, 0.5) is 0 Å². The van der Waals surface area contributed by atoms with Crippen molar-refractivity contribution in [1.82, 2.24) is 0 Å². The Hall–Kier alpha value is -1.12. The summed E-state index contributed by atoms with van der Waals surface area (Å²) < 4.78 is 0. The topological polar surface area (TPSA) is 160 Å². The van der Waals surface area contributed by atoms with Crippen LogP contribution in [0.3, 0.4) is 0 Å². The molecule has 0 saturated heterocycles. The second-order valence-corrected chi connectivity index (χ2v) is 8.96. The van der Waals surface area contributed by atoms with E-state index >= 15 is 0 Å². The van der Waals surface area contributed by atoms with E-state index < -0.39 is 22.4 Å². The zero-order valence-corrected chi connectivity index (χ0v) is 14.7. The lowest BCUT2D eigenvalue weighted by atomic mass is 9.50. The summed E-state index contributed by atoms with van der Waals surface area (Å²) in [6.45, 7) is 3.66. The number of allylic oxidation sites excluding steroid dienone is 1. The molecule has 0 spiro atoms. The summed E-state index contributed by atoms with van der Waals surface area (Å²) in [6.07, 6.45) is 6.49. The first kappa shape index (κ1) is 17.3. The van der Waals surface area contributed by atoms with E-state index in [-0.39, 0.29) is 23.5 Å². The van der Waals surface area contributed by atoms with Gasteiger partial charge >= 0.3 is 0 Å². The molecule has 10 N–H and O–H groups in total. The van der Waals surface area contributed by atoms with Gasteiger partial charge in [0.25, 0.3) is 0 Å². The second-order valence-electron chi connectivity index (χ2n) is 8.96. The van der Waals surface area contributed by atoms with Gasteiger partial charge in [-0.3, -0.25) is 9.79 Å². The summed E-state index contributed by atoms with van der Waals surface area (Å²) in [6, 6.07) is 0. The number of aliphatic imine (C=N–C) groups is 1. The molecule has 0 aliphatic heterocycles. The van der Waals surface area contributed by atoms with Gasteiger partial charge in [-0.1, -0.05) is 0 Å². The maximum atomic E-state index is 13.1. The first-order valence-electron chi connectivity index (χ1n) is 9.24. The molecule has 138 valence electrons. The normalized spacial score (nSPS) is 51.2. The lowest BCUT2D eigenvalue weighted by Crippen LogP contribution is -2.72. The van der Waals surface area contributed by atoms with E-state index in [0.29, 0.717) is 32.1 Å². The second kappa shape index (κ2) is 4.98. The van der Waals surface area contributed by atoms with Crippen LogP contribution in [0.5, 0.6) is 0 Å². The minimum Gasteiger partial charge on any atom is -0.322 e. The van der Waals surface area contributed by atoms with Crippen LogP contribution >= 0.6 is 0 Å². The van der Waals surface area contributed by atoms with Gasteiger partial charge in [-0.25, -0.2) is 0 Å². The van der Waals surface area contributed by atoms with Crippen molar-refractivity contribution in [2.45, 2.75) is 67.3 Å². The quantitative estimate of drug-likeness (QED) is 0.317. The fraction of sp³-hybridized carbons (Fsp3) is 0.778. The molecule has 0 aromatic heterocycles. The Labute approximate surface area is 148 Å². The third-order valence-corrected chi connectivity index (χ3v) is 7.75. The molecule has 25 heavy (non-hydrogen) atoms. The van der Waals surface area contributed by atoms with E-state index in [9.17, 15) is 4.79 Å². The maximum absolute atomic E-state index is 13.1. The highest BCUT2D eigenvalue weighted by Crippen LogP contribution is 2.59. The molecule has 4 rings (SSSR count). The van der Waals surface area contributed by atoms with E-state index in [0.717, 1.165) is 18.4 Å². The molecule has 0 amide bonds. The fourth-order valence-corrected chi connectivity index (χ4v) is 6.23. The number of carbonyl (C=O) groups excluding carboxylic acids is 1. The molecule has 4 aliphatic rings. The molecule has 0 aromatic rings. The molecule has 3 fully saturated rings. The smallest absolute Gasteiger partial charge is 0.159 e. The summed E-state index contributed by atoms with van der Waals surface area (Å²) in [5.41, 5.74) is 30.5. The number of hydrogen-bond acceptors (Lipinski definition) is 7. The van der Waals surface area contributed by atoms with Gasteiger partial charge in [0.15, 0.2) is 5.78 Å². The average Bonchev–Trinajstić information content (AvgIpc) is 2.81. The van der Waals surface area contributed by atoms with Crippen LogP contribution in [0.15, 0.2) is 16.6 Å². The summed E-state index contributed by atoms with van der Waals surface area (Å²) in [4.78, 5) is 17.2. The van der Waals surface area contributed by atoms with Gasteiger partial charge in [0.05, 0.1) is 11.2 Å². The number of nitrogens with two attached hydrogens (primary N) is 5. The van der Waals surface area contributed by atoms with E-state index in [1.54, 1.807) is 6.08 Å². The van der Waals surface area contributed by atoms with Gasteiger partial charge in [-0.15, -0.1) is 0 Å². The van der Waals surface area contributed by atoms with Crippen LogP contribution in [0.1, 0.15) is 44.9 Å². The van der Waals surface area contributed by atoms with Crippen molar-refractivity contribution in [1.29, 1.82) is 0 Å². The van der Waals surface area contributed by atoms with Gasteiger partial charge < -0.3 is 28.7 Å². The molecule has 0 bridgehead atoms. The average molecular weight is 346 g/mol. The monoisotopic (exact) mass is 346 g/mol. The van der Waals surface area contributed by atoms with Crippen LogP contribution in [0.2, 0.25) is 0 Å². The van der Waals surface area contributed by atoms with Crippen molar-refractivity contribution < 1.29 is 4.79 Å². The van der Waals surface area contributed by atoms with Crippen LogP contribution in [0.25, 0.3) is 0 Å². The molecule has 3 unspecified atom stereocenters. The highest BCUT2D eigenvalue weighted by Gasteiger charge is 2.65. The van der Waals surface area contributed by atoms with Gasteiger partial charge in [-0.2, -0.15) is 0 Å². The number of ketones is 1. The van der Waals surface area contributed by atoms with Crippen molar-refractivity contribution in [2.24, 2.45) is 51.4 Å². The van der Waals surface area contributed by atoms with Crippen molar-refractivity contribution in [2.75, 3.05) is 0 Å². The lowest BCUT2D eigenvalue weighted by molar-refractivity contribution is -0.128. The zero-order valence-electron chi connectivity index (χ0n) is 14.7. The summed E-state index contributed by atoms with van der Waals surface area (Å²) in [5.74, 6) is -0.0193. The van der Waals surface area contributed by atoms with Crippen LogP contribution < -0.4 is 28.7 Å². The fourth-order valence-electron chi connectivity index (χ4n) is 6.23. The molecular weight excluding hydrogens is 316 g/mol.